The van der Waals surface area contributed by atoms with E-state index in [9.17, 15) is 18.3 Å². The highest BCUT2D eigenvalue weighted by Crippen LogP contribution is 2.33. The largest absolute Gasteiger partial charge is 0.493 e. The molecule has 4 aromatic rings. The second kappa shape index (κ2) is 12.3. The van der Waals surface area contributed by atoms with Crippen LogP contribution >= 0.6 is 0 Å². The van der Waals surface area contributed by atoms with Crippen LogP contribution in [-0.2, 0) is 30.5 Å². The monoisotopic (exact) mass is 598 g/mol. The van der Waals surface area contributed by atoms with Crippen LogP contribution in [0.4, 0.5) is 0 Å². The van der Waals surface area contributed by atoms with Crippen molar-refractivity contribution >= 4 is 21.1 Å². The molecule has 0 atom stereocenters. The van der Waals surface area contributed by atoms with Crippen LogP contribution in [0.15, 0.2) is 40.3 Å². The van der Waals surface area contributed by atoms with Crippen LogP contribution in [0.25, 0.3) is 28.4 Å². The highest BCUT2D eigenvalue weighted by molar-refractivity contribution is 7.89. The summed E-state index contributed by atoms with van der Waals surface area (Å²) >= 11 is 0. The zero-order chi connectivity index (χ0) is 30.0. The van der Waals surface area contributed by atoms with Gasteiger partial charge in [0.05, 0.1) is 29.4 Å². The molecule has 42 heavy (non-hydrogen) atoms. The molecular weight excluding hydrogens is 560 g/mol. The minimum Gasteiger partial charge on any atom is -0.493 e. The van der Waals surface area contributed by atoms with Crippen molar-refractivity contribution in [1.29, 1.82) is 0 Å². The lowest BCUT2D eigenvalue weighted by atomic mass is 10.1. The lowest BCUT2D eigenvalue weighted by Gasteiger charge is -2.33. The van der Waals surface area contributed by atoms with Gasteiger partial charge in [0.15, 0.2) is 5.52 Å². The number of rotatable bonds is 11. The Hall–Kier alpha value is -3.59. The van der Waals surface area contributed by atoms with Crippen LogP contribution in [0, 0.1) is 0 Å². The van der Waals surface area contributed by atoms with E-state index in [1.54, 1.807) is 42.2 Å². The summed E-state index contributed by atoms with van der Waals surface area (Å²) in [6.45, 7) is 6.70. The van der Waals surface area contributed by atoms with Gasteiger partial charge in [-0.1, -0.05) is 20.3 Å². The molecule has 13 nitrogen and oxygen atoms in total. The predicted molar refractivity (Wildman–Crippen MR) is 158 cm³/mol. The van der Waals surface area contributed by atoms with Crippen molar-refractivity contribution in [2.75, 3.05) is 45.9 Å². The predicted octanol–water partition coefficient (Wildman–Crippen LogP) is 1.56. The molecule has 1 fully saturated rings. The van der Waals surface area contributed by atoms with Crippen LogP contribution in [0.1, 0.15) is 32.4 Å². The maximum Gasteiger partial charge on any atom is 0.280 e. The molecule has 14 heteroatoms. The number of ether oxygens (including phenoxy) is 1. The number of aliphatic hydroxyl groups is 1. The Labute approximate surface area is 245 Å². The summed E-state index contributed by atoms with van der Waals surface area (Å²) in [4.78, 5) is 25.4. The van der Waals surface area contributed by atoms with E-state index in [4.69, 9.17) is 14.8 Å². The van der Waals surface area contributed by atoms with E-state index >= 15 is 0 Å². The van der Waals surface area contributed by atoms with E-state index in [1.807, 2.05) is 25.8 Å². The molecule has 4 heterocycles. The lowest BCUT2D eigenvalue weighted by Crippen LogP contribution is -2.49. The fourth-order valence-electron chi connectivity index (χ4n) is 5.22. The van der Waals surface area contributed by atoms with Crippen LogP contribution in [0.5, 0.6) is 5.75 Å². The molecule has 1 aromatic carbocycles. The molecule has 0 radical (unpaired) electrons. The first-order chi connectivity index (χ1) is 20.2. The standard InChI is InChI=1S/C28H38N8O5S/c1-5-7-22-24-25(36(31-22)28-29-10-11-32(28)3)27(38)33(4)26(30-24)21-19-20(8-9-23(21)41-18-6-2)42(39,40)35-14-12-34(13-15-35)16-17-37/h8-11,19,37H,5-7,12-18H2,1-4H3. The summed E-state index contributed by atoms with van der Waals surface area (Å²) < 4.78 is 39.7. The smallest absolute Gasteiger partial charge is 0.280 e. The van der Waals surface area contributed by atoms with Crippen molar-refractivity contribution in [2.24, 2.45) is 14.1 Å². The number of sulfonamides is 1. The van der Waals surface area contributed by atoms with Crippen LogP contribution in [0.3, 0.4) is 0 Å². The highest BCUT2D eigenvalue weighted by atomic mass is 32.2. The number of nitrogens with zero attached hydrogens (tertiary/aromatic N) is 8. The third-order valence-electron chi connectivity index (χ3n) is 7.48. The number of aromatic nitrogens is 6. The summed E-state index contributed by atoms with van der Waals surface area (Å²) in [5.41, 5.74) is 1.50. The number of aliphatic hydroxyl groups excluding tert-OH is 1. The zero-order valence-corrected chi connectivity index (χ0v) is 25.3. The van der Waals surface area contributed by atoms with Crippen molar-refractivity contribution in [3.63, 3.8) is 0 Å². The van der Waals surface area contributed by atoms with E-state index in [2.05, 4.69) is 4.98 Å². The first-order valence-electron chi connectivity index (χ1n) is 14.3. The van der Waals surface area contributed by atoms with Crippen molar-refractivity contribution in [3.05, 3.63) is 46.6 Å². The van der Waals surface area contributed by atoms with E-state index in [1.165, 1.54) is 13.6 Å². The van der Waals surface area contributed by atoms with Crippen LogP contribution < -0.4 is 10.3 Å². The van der Waals surface area contributed by atoms with Gasteiger partial charge in [0.2, 0.25) is 16.0 Å². The molecule has 1 saturated heterocycles. The molecular formula is C28H38N8O5S. The molecule has 1 aliphatic rings. The van der Waals surface area contributed by atoms with Gasteiger partial charge in [0.1, 0.15) is 17.1 Å². The first-order valence-corrected chi connectivity index (χ1v) is 15.7. The lowest BCUT2D eigenvalue weighted by molar-refractivity contribution is 0.151. The summed E-state index contributed by atoms with van der Waals surface area (Å²) in [5.74, 6) is 1.23. The number of imidazole rings is 1. The zero-order valence-electron chi connectivity index (χ0n) is 24.5. The molecule has 0 unspecified atom stereocenters. The molecule has 226 valence electrons. The second-order valence-corrected chi connectivity index (χ2v) is 12.4. The minimum atomic E-state index is -3.83. The topological polar surface area (TPSA) is 141 Å². The normalized spacial score (nSPS) is 15.1. The number of benzene rings is 1. The van der Waals surface area contributed by atoms with Crippen LogP contribution in [-0.4, -0.2) is 97.5 Å². The Balaban J connectivity index is 1.66. The van der Waals surface area contributed by atoms with Gasteiger partial charge in [-0.05, 0) is 31.0 Å². The maximum absolute atomic E-state index is 13.9. The Morgan fingerprint density at radius 2 is 1.83 bits per heavy atom. The summed E-state index contributed by atoms with van der Waals surface area (Å²) in [6, 6.07) is 4.74. The fourth-order valence-corrected chi connectivity index (χ4v) is 6.67. The van der Waals surface area contributed by atoms with Gasteiger partial charge in [-0.15, -0.1) is 0 Å². The number of β-amino-alcohol motifs (C(OH)–C–C–N with tert-alkyl or cyclic N) is 1. The van der Waals surface area contributed by atoms with Gasteiger partial charge in [-0.25, -0.2) is 18.4 Å². The van der Waals surface area contributed by atoms with Crippen LogP contribution in [0.2, 0.25) is 0 Å². The Morgan fingerprint density at radius 1 is 1.07 bits per heavy atom. The number of hydrogen-bond donors (Lipinski definition) is 1. The second-order valence-electron chi connectivity index (χ2n) is 10.4. The first kappa shape index (κ1) is 29.9. The van der Waals surface area contributed by atoms with Gasteiger partial charge < -0.3 is 14.4 Å². The SMILES string of the molecule is CCCOc1ccc(S(=O)(=O)N2CCN(CCO)CC2)cc1-c1nc2c(CCC)nn(-c3nccn3C)c2c(=O)n1C. The fraction of sp³-hybridized carbons (Fsp3) is 0.500. The quantitative estimate of drug-likeness (QED) is 0.272. The molecule has 0 aliphatic carbocycles. The number of aryl methyl sites for hydroxylation is 2. The van der Waals surface area contributed by atoms with Gasteiger partial charge in [-0.3, -0.25) is 14.3 Å². The third-order valence-corrected chi connectivity index (χ3v) is 9.38. The van der Waals surface area contributed by atoms with Gasteiger partial charge >= 0.3 is 0 Å². The number of hydrogen-bond acceptors (Lipinski definition) is 9. The Morgan fingerprint density at radius 3 is 2.48 bits per heavy atom. The van der Waals surface area contributed by atoms with E-state index in [0.29, 0.717) is 85.6 Å². The number of fused-ring (bicyclic) bond motifs is 1. The summed E-state index contributed by atoms with van der Waals surface area (Å²) in [6.07, 6.45) is 5.57. The minimum absolute atomic E-state index is 0.0337. The Kier molecular flexibility index (Phi) is 8.78. The molecule has 1 N–H and O–H groups in total. The summed E-state index contributed by atoms with van der Waals surface area (Å²) in [7, 11) is -0.388. The third kappa shape index (κ3) is 5.46. The summed E-state index contributed by atoms with van der Waals surface area (Å²) in [5, 5.41) is 14.0. The Bertz CT molecular complexity index is 1730. The highest BCUT2D eigenvalue weighted by Gasteiger charge is 2.30. The van der Waals surface area contributed by atoms with Crippen molar-refractivity contribution in [3.8, 4) is 23.1 Å². The molecule has 5 rings (SSSR count). The molecule has 1 aliphatic heterocycles. The molecule has 3 aromatic heterocycles. The average molecular weight is 599 g/mol. The molecule has 0 bridgehead atoms. The van der Waals surface area contributed by atoms with Gasteiger partial charge in [0, 0.05) is 59.2 Å². The maximum atomic E-state index is 13.9. The van der Waals surface area contributed by atoms with E-state index in [-0.39, 0.29) is 17.1 Å². The number of piperazine rings is 1. The molecule has 0 saturated carbocycles. The molecule has 0 amide bonds. The van der Waals surface area contributed by atoms with Crippen molar-refractivity contribution in [1.82, 2.24) is 38.1 Å². The van der Waals surface area contributed by atoms with Gasteiger partial charge in [-0.2, -0.15) is 14.1 Å². The van der Waals surface area contributed by atoms with Crippen molar-refractivity contribution in [2.45, 2.75) is 38.0 Å². The van der Waals surface area contributed by atoms with E-state index < -0.39 is 10.0 Å². The molecule has 0 spiro atoms. The van der Waals surface area contributed by atoms with Crippen molar-refractivity contribution < 1.29 is 18.3 Å². The van der Waals surface area contributed by atoms with Gasteiger partial charge in [0.25, 0.3) is 5.56 Å². The van der Waals surface area contributed by atoms with E-state index in [0.717, 1.165) is 12.8 Å². The average Bonchev–Trinajstić information content (AvgIpc) is 3.57.